The van der Waals surface area contributed by atoms with Gasteiger partial charge in [-0.25, -0.2) is 0 Å². The maximum absolute atomic E-state index is 12.8. The highest BCUT2D eigenvalue weighted by molar-refractivity contribution is 6.06. The summed E-state index contributed by atoms with van der Waals surface area (Å²) in [5.41, 5.74) is 1.08. The number of nitro groups is 1. The fraction of sp³-hybridized carbons (Fsp3) is 0.318. The van der Waals surface area contributed by atoms with Crippen molar-refractivity contribution in [3.8, 4) is 11.3 Å². The van der Waals surface area contributed by atoms with E-state index in [0.29, 0.717) is 17.1 Å². The molecule has 8 heteroatoms. The SMILES string of the molecule is Cc1ccc(-c2ccc(/C=N\N3C(=O)[C@@H]4[C@@H](C3=O)[C@H]3C=C[C@H]4CC3)o2)c([N+](=O)[O-])c1. The lowest BCUT2D eigenvalue weighted by Crippen LogP contribution is -2.38. The Morgan fingerprint density at radius 2 is 1.77 bits per heavy atom. The van der Waals surface area contributed by atoms with Crippen LogP contribution in [0.4, 0.5) is 5.69 Å². The van der Waals surface area contributed by atoms with Crippen LogP contribution in [0.2, 0.25) is 0 Å². The van der Waals surface area contributed by atoms with Crippen LogP contribution in [0.5, 0.6) is 0 Å². The average Bonchev–Trinajstić information content (AvgIpc) is 3.31. The second kappa shape index (κ2) is 6.76. The van der Waals surface area contributed by atoms with Crippen molar-refractivity contribution in [2.24, 2.45) is 28.8 Å². The Balaban J connectivity index is 1.40. The molecule has 0 unspecified atom stereocenters. The van der Waals surface area contributed by atoms with E-state index >= 15 is 0 Å². The van der Waals surface area contributed by atoms with Crippen molar-refractivity contribution < 1.29 is 18.9 Å². The number of hydrazone groups is 1. The first-order valence-corrected chi connectivity index (χ1v) is 9.89. The number of aryl methyl sites for hydroxylation is 1. The normalized spacial score (nSPS) is 27.3. The molecule has 4 aliphatic rings. The predicted octanol–water partition coefficient (Wildman–Crippen LogP) is 3.69. The Morgan fingerprint density at radius 3 is 2.37 bits per heavy atom. The third kappa shape index (κ3) is 2.79. The first-order valence-electron chi connectivity index (χ1n) is 9.89. The molecule has 2 bridgehead atoms. The monoisotopic (exact) mass is 405 g/mol. The molecular formula is C22H19N3O5. The number of hydrogen-bond acceptors (Lipinski definition) is 6. The predicted molar refractivity (Wildman–Crippen MR) is 107 cm³/mol. The minimum Gasteiger partial charge on any atom is -0.455 e. The number of carbonyl (C=O) groups excluding carboxylic acids is 2. The van der Waals surface area contributed by atoms with E-state index in [1.165, 1.54) is 12.3 Å². The van der Waals surface area contributed by atoms with E-state index in [1.54, 1.807) is 31.2 Å². The highest BCUT2D eigenvalue weighted by Gasteiger charge is 2.56. The topological polar surface area (TPSA) is 106 Å². The summed E-state index contributed by atoms with van der Waals surface area (Å²) in [6, 6.07) is 8.10. The number of furan rings is 1. The number of nitro benzene ring substituents is 1. The van der Waals surface area contributed by atoms with Gasteiger partial charge in [0, 0.05) is 6.07 Å². The van der Waals surface area contributed by atoms with Crippen LogP contribution < -0.4 is 0 Å². The quantitative estimate of drug-likeness (QED) is 0.254. The molecule has 0 radical (unpaired) electrons. The van der Waals surface area contributed by atoms with Gasteiger partial charge in [0.15, 0.2) is 0 Å². The van der Waals surface area contributed by atoms with Crippen LogP contribution in [0, 0.1) is 40.7 Å². The van der Waals surface area contributed by atoms with E-state index < -0.39 is 4.92 Å². The molecule has 2 heterocycles. The summed E-state index contributed by atoms with van der Waals surface area (Å²) < 4.78 is 5.69. The van der Waals surface area contributed by atoms with Gasteiger partial charge >= 0.3 is 0 Å². The van der Waals surface area contributed by atoms with Crippen LogP contribution in [-0.2, 0) is 9.59 Å². The molecule has 8 nitrogen and oxygen atoms in total. The van der Waals surface area contributed by atoms with E-state index in [9.17, 15) is 19.7 Å². The zero-order chi connectivity index (χ0) is 21.0. The third-order valence-corrected chi connectivity index (χ3v) is 6.28. The second-order valence-corrected chi connectivity index (χ2v) is 8.05. The Hall–Kier alpha value is -3.55. The minimum atomic E-state index is -0.454. The van der Waals surface area contributed by atoms with Crippen LogP contribution in [0.3, 0.4) is 0 Å². The van der Waals surface area contributed by atoms with Gasteiger partial charge in [-0.3, -0.25) is 19.7 Å². The van der Waals surface area contributed by atoms with E-state index in [4.69, 9.17) is 4.42 Å². The summed E-state index contributed by atoms with van der Waals surface area (Å²) in [5, 5.41) is 16.4. The lowest BCUT2D eigenvalue weighted by atomic mass is 9.63. The Labute approximate surface area is 172 Å². The zero-order valence-electron chi connectivity index (χ0n) is 16.2. The Morgan fingerprint density at radius 1 is 1.10 bits per heavy atom. The molecule has 3 aliphatic carbocycles. The van der Waals surface area contributed by atoms with Crippen molar-refractivity contribution in [2.45, 2.75) is 19.8 Å². The molecule has 1 aromatic carbocycles. The molecule has 1 aromatic heterocycles. The van der Waals surface area contributed by atoms with Gasteiger partial charge in [0.1, 0.15) is 11.5 Å². The Kier molecular flexibility index (Phi) is 4.16. The van der Waals surface area contributed by atoms with Crippen molar-refractivity contribution in [1.29, 1.82) is 0 Å². The van der Waals surface area contributed by atoms with E-state index in [0.717, 1.165) is 23.4 Å². The lowest BCUT2D eigenvalue weighted by molar-refractivity contribution is -0.384. The molecule has 1 saturated carbocycles. The van der Waals surface area contributed by atoms with Gasteiger partial charge in [-0.1, -0.05) is 18.2 Å². The maximum atomic E-state index is 12.8. The van der Waals surface area contributed by atoms with Gasteiger partial charge in [-0.05, 0) is 55.4 Å². The summed E-state index contributed by atoms with van der Waals surface area (Å²) in [4.78, 5) is 36.5. The van der Waals surface area contributed by atoms with Crippen molar-refractivity contribution in [3.63, 3.8) is 0 Å². The van der Waals surface area contributed by atoms with Crippen molar-refractivity contribution in [1.82, 2.24) is 5.01 Å². The average molecular weight is 405 g/mol. The van der Waals surface area contributed by atoms with Gasteiger partial charge < -0.3 is 4.42 Å². The number of rotatable bonds is 4. The van der Waals surface area contributed by atoms with E-state index in [2.05, 4.69) is 17.3 Å². The summed E-state index contributed by atoms with van der Waals surface area (Å²) in [6.45, 7) is 1.78. The van der Waals surface area contributed by atoms with Crippen LogP contribution in [-0.4, -0.2) is 28.0 Å². The number of nitrogens with zero attached hydrogens (tertiary/aromatic N) is 3. The summed E-state index contributed by atoms with van der Waals surface area (Å²) in [5.74, 6) is -0.332. The summed E-state index contributed by atoms with van der Waals surface area (Å²) in [7, 11) is 0. The molecule has 152 valence electrons. The van der Waals surface area contributed by atoms with Crippen molar-refractivity contribution in [2.75, 3.05) is 0 Å². The van der Waals surface area contributed by atoms with E-state index in [1.807, 2.05) is 0 Å². The maximum Gasteiger partial charge on any atom is 0.280 e. The summed E-state index contributed by atoms with van der Waals surface area (Å²) in [6.07, 6.45) is 7.28. The highest BCUT2D eigenvalue weighted by atomic mass is 16.6. The molecule has 2 fully saturated rings. The highest BCUT2D eigenvalue weighted by Crippen LogP contribution is 2.49. The molecule has 0 spiro atoms. The first-order chi connectivity index (χ1) is 14.4. The van der Waals surface area contributed by atoms with Crippen LogP contribution in [0.15, 0.2) is 52.0 Å². The number of allylic oxidation sites excluding steroid dienone is 2. The molecule has 4 atom stereocenters. The largest absolute Gasteiger partial charge is 0.455 e. The third-order valence-electron chi connectivity index (χ3n) is 6.28. The molecule has 0 N–H and O–H groups in total. The van der Waals surface area contributed by atoms with Crippen LogP contribution in [0.1, 0.15) is 24.2 Å². The number of hydrogen-bond donors (Lipinski definition) is 0. The fourth-order valence-electron chi connectivity index (χ4n) is 4.85. The smallest absolute Gasteiger partial charge is 0.280 e. The van der Waals surface area contributed by atoms with Crippen LogP contribution in [0.25, 0.3) is 11.3 Å². The van der Waals surface area contributed by atoms with Gasteiger partial charge in [0.2, 0.25) is 0 Å². The number of amides is 2. The molecule has 1 aliphatic heterocycles. The molecule has 2 aromatic rings. The van der Waals surface area contributed by atoms with Crippen molar-refractivity contribution >= 4 is 23.7 Å². The molecular weight excluding hydrogens is 386 g/mol. The Bertz CT molecular complexity index is 1100. The number of imide groups is 1. The number of fused-ring (bicyclic) bond motifs is 1. The van der Waals surface area contributed by atoms with E-state index in [-0.39, 0.29) is 41.2 Å². The molecule has 30 heavy (non-hydrogen) atoms. The van der Waals surface area contributed by atoms with Crippen LogP contribution >= 0.6 is 0 Å². The van der Waals surface area contributed by atoms with Gasteiger partial charge in [0.25, 0.3) is 17.5 Å². The number of benzene rings is 1. The van der Waals surface area contributed by atoms with Crippen molar-refractivity contribution in [3.05, 3.63) is 63.9 Å². The standard InChI is InChI=1S/C22H19N3O5/c1-12-2-8-16(17(10-12)25(28)29)18-9-7-15(30-18)11-23-24-21(26)19-13-3-4-14(6-5-13)20(19)22(24)27/h2-4,7-11,13-14,19-20H,5-6H2,1H3/b23-11-/t13-,14-,19-,20-/m0/s1. The molecule has 6 rings (SSSR count). The zero-order valence-corrected chi connectivity index (χ0v) is 16.2. The minimum absolute atomic E-state index is 0.0511. The molecule has 1 saturated heterocycles. The van der Waals surface area contributed by atoms with Gasteiger partial charge in [-0.2, -0.15) is 10.1 Å². The second-order valence-electron chi connectivity index (χ2n) is 8.05. The lowest BCUT2D eigenvalue weighted by Gasteiger charge is -2.37. The van der Waals surface area contributed by atoms with Gasteiger partial charge in [-0.15, -0.1) is 0 Å². The summed E-state index contributed by atoms with van der Waals surface area (Å²) >= 11 is 0. The number of carbonyl (C=O) groups is 2. The molecule has 2 amide bonds. The fourth-order valence-corrected chi connectivity index (χ4v) is 4.85. The first kappa shape index (κ1) is 18.5. The van der Waals surface area contributed by atoms with Gasteiger partial charge in [0.05, 0.1) is 28.5 Å².